The number of nitrogens with zero attached hydrogens (tertiary/aromatic N) is 1. The molecular weight excluding hydrogens is 703 g/mol. The summed E-state index contributed by atoms with van der Waals surface area (Å²) in [6.45, 7) is 11.9. The van der Waals surface area contributed by atoms with E-state index in [0.29, 0.717) is 32.3 Å². The highest BCUT2D eigenvalue weighted by molar-refractivity contribution is 7.11. The molecular formula is C42H57N5O6S. The third-order valence-electron chi connectivity index (χ3n) is 9.31. The number of hydrogen-bond acceptors (Lipinski definition) is 8. The van der Waals surface area contributed by atoms with Gasteiger partial charge in [0.1, 0.15) is 23.7 Å². The molecule has 0 bridgehead atoms. The number of benzene rings is 2. The Balaban J connectivity index is 1.52. The molecule has 3 aromatic rings. The van der Waals surface area contributed by atoms with Crippen LogP contribution in [0.3, 0.4) is 0 Å². The monoisotopic (exact) mass is 759 g/mol. The third kappa shape index (κ3) is 13.5. The largest absolute Gasteiger partial charge is 0.361 e. The highest BCUT2D eigenvalue weighted by Gasteiger charge is 2.50. The van der Waals surface area contributed by atoms with Gasteiger partial charge in [-0.2, -0.15) is 0 Å². The first-order valence-electron chi connectivity index (χ1n) is 19.2. The third-order valence-corrected chi connectivity index (χ3v) is 10.4. The number of aryl methyl sites for hydroxylation is 2. The summed E-state index contributed by atoms with van der Waals surface area (Å²) in [4.78, 5) is 74.0. The van der Waals surface area contributed by atoms with Gasteiger partial charge in [-0.25, -0.2) is 4.98 Å². The number of amides is 4. The second-order valence-corrected chi connectivity index (χ2v) is 16.5. The Labute approximate surface area is 323 Å². The van der Waals surface area contributed by atoms with E-state index in [-0.39, 0.29) is 36.4 Å². The van der Waals surface area contributed by atoms with Crippen LogP contribution >= 0.6 is 11.3 Å². The minimum atomic E-state index is -1.03. The van der Waals surface area contributed by atoms with Gasteiger partial charge in [0.15, 0.2) is 5.78 Å². The highest BCUT2D eigenvalue weighted by Crippen LogP contribution is 2.29. The van der Waals surface area contributed by atoms with Crippen molar-refractivity contribution >= 4 is 40.7 Å². The molecule has 0 spiro atoms. The van der Waals surface area contributed by atoms with Gasteiger partial charge in [0.05, 0.1) is 24.1 Å². The van der Waals surface area contributed by atoms with Crippen molar-refractivity contribution in [3.63, 3.8) is 0 Å². The normalized spacial score (nSPS) is 17.3. The van der Waals surface area contributed by atoms with Crippen molar-refractivity contribution in [1.82, 2.24) is 26.3 Å². The van der Waals surface area contributed by atoms with E-state index in [1.54, 1.807) is 13.1 Å². The van der Waals surface area contributed by atoms with E-state index in [2.05, 4.69) is 33.2 Å². The molecule has 0 saturated carbocycles. The van der Waals surface area contributed by atoms with Crippen LogP contribution in [-0.4, -0.2) is 70.8 Å². The first-order valence-corrected chi connectivity index (χ1v) is 20.0. The number of epoxide rings is 1. The van der Waals surface area contributed by atoms with Crippen molar-refractivity contribution < 1.29 is 28.7 Å². The molecule has 1 aromatic heterocycles. The van der Waals surface area contributed by atoms with E-state index < -0.39 is 47.5 Å². The van der Waals surface area contributed by atoms with Gasteiger partial charge in [-0.15, -0.1) is 11.3 Å². The molecule has 2 heterocycles. The molecule has 54 heavy (non-hydrogen) atoms. The minimum absolute atomic E-state index is 0.00999. The van der Waals surface area contributed by atoms with E-state index >= 15 is 0 Å². The molecule has 4 N–H and O–H groups in total. The Morgan fingerprint density at radius 2 is 1.28 bits per heavy atom. The Morgan fingerprint density at radius 1 is 0.741 bits per heavy atom. The molecule has 0 aliphatic carbocycles. The number of carbonyl (C=O) groups excluding carboxylic acids is 5. The fraction of sp³-hybridized carbons (Fsp3) is 0.524. The number of ketones is 1. The second-order valence-electron chi connectivity index (χ2n) is 15.3. The van der Waals surface area contributed by atoms with Crippen LogP contribution < -0.4 is 21.3 Å². The molecule has 1 unspecified atom stereocenters. The molecule has 4 rings (SSSR count). The number of Topliss-reactive ketones (excluding diaryl/α,β-unsaturated/α-hetero) is 1. The van der Waals surface area contributed by atoms with Crippen LogP contribution in [0.5, 0.6) is 0 Å². The summed E-state index contributed by atoms with van der Waals surface area (Å²) in [7, 11) is 0. The summed E-state index contributed by atoms with van der Waals surface area (Å²) in [5.41, 5.74) is 0.903. The number of rotatable bonds is 22. The highest BCUT2D eigenvalue weighted by atomic mass is 32.1. The Bertz CT molecular complexity index is 1690. The molecule has 0 radical (unpaired) electrons. The van der Waals surface area contributed by atoms with Gasteiger partial charge in [0.25, 0.3) is 0 Å². The smallest absolute Gasteiger partial charge is 0.243 e. The maximum Gasteiger partial charge on any atom is 0.243 e. The average Bonchev–Trinajstić information content (AvgIpc) is 3.74. The van der Waals surface area contributed by atoms with Gasteiger partial charge >= 0.3 is 0 Å². The molecule has 12 heteroatoms. The molecule has 1 saturated heterocycles. The summed E-state index contributed by atoms with van der Waals surface area (Å²) in [5, 5.41) is 12.6. The zero-order valence-electron chi connectivity index (χ0n) is 32.5. The fourth-order valence-electron chi connectivity index (χ4n) is 6.29. The maximum absolute atomic E-state index is 14.1. The molecule has 1 fully saturated rings. The zero-order valence-corrected chi connectivity index (χ0v) is 33.3. The predicted octanol–water partition coefficient (Wildman–Crippen LogP) is 4.90. The predicted molar refractivity (Wildman–Crippen MR) is 211 cm³/mol. The lowest BCUT2D eigenvalue weighted by atomic mass is 9.93. The second kappa shape index (κ2) is 20.3. The van der Waals surface area contributed by atoms with E-state index in [1.165, 1.54) is 11.3 Å². The number of hydrogen-bond donors (Lipinski definition) is 4. The first-order chi connectivity index (χ1) is 25.8. The molecule has 11 nitrogen and oxygen atoms in total. The fourth-order valence-corrected chi connectivity index (χ4v) is 7.31. The molecule has 1 aliphatic rings. The van der Waals surface area contributed by atoms with Crippen molar-refractivity contribution in [3.8, 4) is 0 Å². The Kier molecular flexibility index (Phi) is 15.9. The first kappa shape index (κ1) is 42.3. The zero-order chi connectivity index (χ0) is 39.3. The van der Waals surface area contributed by atoms with Crippen LogP contribution in [-0.2, 0) is 54.4 Å². The van der Waals surface area contributed by atoms with Crippen LogP contribution in [0.2, 0.25) is 0 Å². The number of thiazole rings is 1. The van der Waals surface area contributed by atoms with Gasteiger partial charge in [-0.1, -0.05) is 95.3 Å². The van der Waals surface area contributed by atoms with Crippen molar-refractivity contribution in [2.75, 3.05) is 6.61 Å². The minimum Gasteiger partial charge on any atom is -0.361 e. The lowest BCUT2D eigenvalue weighted by Crippen LogP contribution is -2.59. The summed E-state index contributed by atoms with van der Waals surface area (Å²) < 4.78 is 5.41. The van der Waals surface area contributed by atoms with Gasteiger partial charge in [-0.05, 0) is 68.4 Å². The van der Waals surface area contributed by atoms with E-state index in [1.807, 2.05) is 88.4 Å². The summed E-state index contributed by atoms with van der Waals surface area (Å²) >= 11 is 1.49. The topological polar surface area (TPSA) is 159 Å². The summed E-state index contributed by atoms with van der Waals surface area (Å²) in [5.74, 6) is -1.89. The standard InChI is InChI=1S/C42H57N5O6S/c1-7-14-37-43-25-31(54-37)24-36(48)44-32(20-19-29-15-10-8-11-16-29)39(50)46-34(22-28(4)5)40(51)47-35(23-30-17-12-9-13-18-30)41(52)45-33(21-27(2)3)38(49)42(6)26-53-42/h8-13,15-18,25,27-28,32-35H,7,14,19-24,26H2,1-6H3,(H,44,48)(H,45,52)(H,46,50)(H,47,51)/t32-,33-,34-,35-,42?/m0/s1. The van der Waals surface area contributed by atoms with Crippen molar-refractivity contribution in [2.45, 2.75) is 123 Å². The van der Waals surface area contributed by atoms with E-state index in [0.717, 1.165) is 33.9 Å². The van der Waals surface area contributed by atoms with Crippen LogP contribution in [0.4, 0.5) is 0 Å². The lowest BCUT2D eigenvalue weighted by molar-refractivity contribution is -0.135. The lowest BCUT2D eigenvalue weighted by Gasteiger charge is -2.28. The van der Waals surface area contributed by atoms with Gasteiger partial charge in [-0.3, -0.25) is 24.0 Å². The van der Waals surface area contributed by atoms with Gasteiger partial charge < -0.3 is 26.0 Å². The Morgan fingerprint density at radius 3 is 1.87 bits per heavy atom. The van der Waals surface area contributed by atoms with Crippen LogP contribution in [0.25, 0.3) is 0 Å². The molecule has 1 aliphatic heterocycles. The SMILES string of the molecule is CCCc1ncc(CC(=O)N[C@@H](CCc2ccccc2)C(=O)N[C@@H](CC(C)C)C(=O)N[C@@H](Cc2ccccc2)C(=O)N[C@@H](CC(C)C)C(=O)C2(C)CO2)s1. The van der Waals surface area contributed by atoms with Crippen molar-refractivity contribution in [3.05, 3.63) is 87.9 Å². The number of carbonyl (C=O) groups is 5. The quantitative estimate of drug-likeness (QED) is 0.106. The molecule has 292 valence electrons. The van der Waals surface area contributed by atoms with Gasteiger partial charge in [0, 0.05) is 17.5 Å². The Hall–Kier alpha value is -4.42. The van der Waals surface area contributed by atoms with Crippen LogP contribution in [0.1, 0.15) is 88.2 Å². The van der Waals surface area contributed by atoms with E-state index in [9.17, 15) is 24.0 Å². The van der Waals surface area contributed by atoms with Crippen LogP contribution in [0.15, 0.2) is 66.9 Å². The number of nitrogens with one attached hydrogen (secondary N) is 4. The summed E-state index contributed by atoms with van der Waals surface area (Å²) in [6, 6.07) is 15.3. The molecule has 2 aromatic carbocycles. The van der Waals surface area contributed by atoms with Crippen molar-refractivity contribution in [2.24, 2.45) is 11.8 Å². The number of ether oxygens (including phenoxy) is 1. The molecule has 5 atom stereocenters. The molecule has 4 amide bonds. The van der Waals surface area contributed by atoms with E-state index in [4.69, 9.17) is 4.74 Å². The summed E-state index contributed by atoms with van der Waals surface area (Å²) in [6.07, 6.45) is 5.32. The van der Waals surface area contributed by atoms with Crippen molar-refractivity contribution in [1.29, 1.82) is 0 Å². The van der Waals surface area contributed by atoms with Gasteiger partial charge in [0.2, 0.25) is 23.6 Å². The maximum atomic E-state index is 14.1. The number of aromatic nitrogens is 1. The average molecular weight is 760 g/mol. The van der Waals surface area contributed by atoms with Crippen LogP contribution in [0, 0.1) is 11.8 Å².